The van der Waals surface area contributed by atoms with Crippen molar-refractivity contribution in [2.24, 2.45) is 0 Å². The number of morpholine rings is 1. The molecule has 0 saturated carbocycles. The van der Waals surface area contributed by atoms with E-state index in [1.54, 1.807) is 47.3 Å². The number of anilines is 1. The van der Waals surface area contributed by atoms with Gasteiger partial charge in [0.05, 0.1) is 41.4 Å². The summed E-state index contributed by atoms with van der Waals surface area (Å²) in [6, 6.07) is 14.3. The molecule has 1 aromatic carbocycles. The Bertz CT molecular complexity index is 1680. The summed E-state index contributed by atoms with van der Waals surface area (Å²) in [5.41, 5.74) is 4.98. The van der Waals surface area contributed by atoms with Gasteiger partial charge in [-0.25, -0.2) is 19.3 Å². The smallest absolute Gasteiger partial charge is 1.00 e. The maximum absolute atomic E-state index is 11.9. The monoisotopic (exact) mass is 536 g/mol. The van der Waals surface area contributed by atoms with Crippen LogP contribution in [0.2, 0.25) is 5.15 Å². The Morgan fingerprint density at radius 2 is 1.89 bits per heavy atom. The van der Waals surface area contributed by atoms with E-state index >= 15 is 0 Å². The van der Waals surface area contributed by atoms with Crippen LogP contribution in [0.4, 0.5) is 5.69 Å². The third-order valence-corrected chi connectivity index (χ3v) is 6.41. The molecule has 186 valence electrons. The van der Waals surface area contributed by atoms with Crippen LogP contribution in [0.3, 0.4) is 0 Å². The summed E-state index contributed by atoms with van der Waals surface area (Å²) in [6.45, 7) is 2.67. The van der Waals surface area contributed by atoms with E-state index in [1.807, 2.05) is 30.3 Å². The summed E-state index contributed by atoms with van der Waals surface area (Å²) in [5, 5.41) is 15.3. The number of rotatable bonds is 5. The zero-order valence-corrected chi connectivity index (χ0v) is 23.3. The van der Waals surface area contributed by atoms with Crippen LogP contribution in [-0.4, -0.2) is 61.9 Å². The first-order valence-electron chi connectivity index (χ1n) is 11.7. The molecule has 38 heavy (non-hydrogen) atoms. The molecule has 0 atom stereocenters. The van der Waals surface area contributed by atoms with Crippen LogP contribution in [-0.2, 0) is 4.74 Å². The Balaban J connectivity index is 0.00000176. The van der Waals surface area contributed by atoms with Crippen molar-refractivity contribution < 1.29 is 45.6 Å². The molecule has 1 saturated heterocycles. The van der Waals surface area contributed by atoms with Gasteiger partial charge in [0.25, 0.3) is 0 Å². The van der Waals surface area contributed by atoms with Crippen molar-refractivity contribution in [2.45, 2.75) is 0 Å². The number of nitrogens with zero attached hydrogens (tertiary/aromatic N) is 6. The predicted octanol–water partition coefficient (Wildman–Crippen LogP) is 1.81. The second-order valence-electron chi connectivity index (χ2n) is 8.52. The number of pyridine rings is 2. The maximum atomic E-state index is 11.9. The minimum Gasteiger partial charge on any atom is -1.00 e. The third-order valence-electron chi connectivity index (χ3n) is 6.23. The van der Waals surface area contributed by atoms with Gasteiger partial charge in [-0.05, 0) is 36.4 Å². The topological polar surface area (TPSA) is 106 Å². The molecule has 0 amide bonds. The molecule has 0 unspecified atom stereocenters. The number of hydrogen-bond donors (Lipinski definition) is 1. The number of aromatic carboxylic acids is 1. The van der Waals surface area contributed by atoms with E-state index < -0.39 is 5.97 Å². The summed E-state index contributed by atoms with van der Waals surface area (Å²) in [5.74, 6) is -1.01. The molecule has 9 nitrogen and oxygen atoms in total. The van der Waals surface area contributed by atoms with Gasteiger partial charge >= 0.3 is 35.5 Å². The van der Waals surface area contributed by atoms with Crippen LogP contribution in [0.1, 0.15) is 23.2 Å². The average molecular weight is 537 g/mol. The van der Waals surface area contributed by atoms with Gasteiger partial charge in [-0.2, -0.15) is 5.10 Å². The zero-order valence-electron chi connectivity index (χ0n) is 21.6. The first-order chi connectivity index (χ1) is 18.1. The van der Waals surface area contributed by atoms with Crippen molar-refractivity contribution in [3.8, 4) is 11.3 Å². The minimum atomic E-state index is -1.01. The van der Waals surface area contributed by atoms with Crippen molar-refractivity contribution in [1.82, 2.24) is 24.6 Å². The molecule has 1 fully saturated rings. The van der Waals surface area contributed by atoms with Gasteiger partial charge in [-0.15, -0.1) is 0 Å². The molecule has 0 bridgehead atoms. The maximum Gasteiger partial charge on any atom is 1.00 e. The van der Waals surface area contributed by atoms with Crippen molar-refractivity contribution in [3.05, 3.63) is 83.0 Å². The van der Waals surface area contributed by atoms with E-state index in [2.05, 4.69) is 20.0 Å². The minimum absolute atomic E-state index is 0. The molecular formula is C27H22ClN6NaO3. The molecule has 1 aliphatic heterocycles. The SMILES string of the molecule is O=C(O)c1cc(C=Cc2nc3c(N4CCOCC4)cc(Cl)nn3c2-c2cccnc2)nc2ccccc12.[H-].[Na+]. The zero-order chi connectivity index (χ0) is 25.4. The van der Waals surface area contributed by atoms with E-state index in [9.17, 15) is 9.90 Å². The number of benzene rings is 1. The number of fused-ring (bicyclic) bond motifs is 2. The number of carbonyl (C=O) groups is 1. The average Bonchev–Trinajstić information content (AvgIpc) is 3.30. The molecule has 5 heterocycles. The van der Waals surface area contributed by atoms with Gasteiger partial charge in [0, 0.05) is 42.5 Å². The summed E-state index contributed by atoms with van der Waals surface area (Å²) < 4.78 is 7.26. The normalized spacial score (nSPS) is 13.8. The van der Waals surface area contributed by atoms with Gasteiger partial charge < -0.3 is 16.2 Å². The van der Waals surface area contributed by atoms with Gasteiger partial charge in [-0.3, -0.25) is 4.98 Å². The summed E-state index contributed by atoms with van der Waals surface area (Å²) in [7, 11) is 0. The number of hydrogen-bond acceptors (Lipinski definition) is 7. The number of aromatic nitrogens is 5. The Hall–Kier alpha value is -3.34. The molecule has 0 aliphatic carbocycles. The van der Waals surface area contributed by atoms with E-state index in [4.69, 9.17) is 21.3 Å². The molecule has 11 heteroatoms. The molecule has 0 spiro atoms. The molecular weight excluding hydrogens is 515 g/mol. The largest absolute Gasteiger partial charge is 1.00 e. The Morgan fingerprint density at radius 3 is 2.66 bits per heavy atom. The quantitative estimate of drug-likeness (QED) is 0.339. The second kappa shape index (κ2) is 11.2. The van der Waals surface area contributed by atoms with Crippen LogP contribution < -0.4 is 34.5 Å². The van der Waals surface area contributed by atoms with Gasteiger partial charge in [0.15, 0.2) is 10.8 Å². The van der Waals surface area contributed by atoms with E-state index in [0.717, 1.165) is 30.0 Å². The van der Waals surface area contributed by atoms with Crippen molar-refractivity contribution in [3.63, 3.8) is 0 Å². The van der Waals surface area contributed by atoms with Crippen LogP contribution in [0, 0.1) is 0 Å². The fourth-order valence-electron chi connectivity index (χ4n) is 4.54. The Labute approximate surface area is 246 Å². The number of carboxylic acid groups (broad SMARTS) is 1. The van der Waals surface area contributed by atoms with Gasteiger partial charge in [-0.1, -0.05) is 29.8 Å². The molecule has 5 aromatic rings. The van der Waals surface area contributed by atoms with Crippen LogP contribution in [0.5, 0.6) is 0 Å². The van der Waals surface area contributed by atoms with Crippen molar-refractivity contribution in [1.29, 1.82) is 0 Å². The van der Waals surface area contributed by atoms with E-state index in [-0.39, 0.29) is 36.5 Å². The fourth-order valence-corrected chi connectivity index (χ4v) is 4.72. The van der Waals surface area contributed by atoms with Crippen LogP contribution in [0.25, 0.3) is 40.0 Å². The van der Waals surface area contributed by atoms with Crippen LogP contribution >= 0.6 is 11.6 Å². The first kappa shape index (κ1) is 26.3. The standard InChI is InChI=1S/C27H21ClN6O3.Na.H/c28-24-15-23(33-10-12-37-13-11-33)26-31-22(25(34(26)32-24)17-4-3-9-29-16-17)8-7-18-14-20(27(35)36)19-5-1-2-6-21(19)30-18;;/h1-9,14-16H,10-13H2,(H,35,36);;/q;+1;-1. The fraction of sp³-hybridized carbons (Fsp3) is 0.148. The summed E-state index contributed by atoms with van der Waals surface area (Å²) in [4.78, 5) is 27.9. The molecule has 1 N–H and O–H groups in total. The summed E-state index contributed by atoms with van der Waals surface area (Å²) in [6.07, 6.45) is 7.02. The molecule has 4 aromatic heterocycles. The first-order valence-corrected chi connectivity index (χ1v) is 12.1. The van der Waals surface area contributed by atoms with Gasteiger partial charge in [0.2, 0.25) is 0 Å². The van der Waals surface area contributed by atoms with Crippen molar-refractivity contribution >= 4 is 52.0 Å². The molecule has 1 aliphatic rings. The predicted molar refractivity (Wildman–Crippen MR) is 143 cm³/mol. The number of halogens is 1. The van der Waals surface area contributed by atoms with Crippen molar-refractivity contribution in [2.75, 3.05) is 31.2 Å². The second-order valence-corrected chi connectivity index (χ2v) is 8.91. The molecule has 6 rings (SSSR count). The van der Waals surface area contributed by atoms with Crippen LogP contribution in [0.15, 0.2) is 60.9 Å². The van der Waals surface area contributed by atoms with E-state index in [1.165, 1.54) is 0 Å². The number of imidazole rings is 1. The number of ether oxygens (including phenoxy) is 1. The Morgan fingerprint density at radius 1 is 1.08 bits per heavy atom. The Kier molecular flexibility index (Phi) is 7.73. The van der Waals surface area contributed by atoms with E-state index in [0.29, 0.717) is 46.3 Å². The molecule has 0 radical (unpaired) electrons. The summed E-state index contributed by atoms with van der Waals surface area (Å²) >= 11 is 6.47. The number of carboxylic acids is 1. The van der Waals surface area contributed by atoms with Gasteiger partial charge in [0.1, 0.15) is 5.69 Å². The third kappa shape index (κ3) is 5.03. The number of para-hydroxylation sites is 1.